The number of rotatable bonds is 3. The molecule has 20 heavy (non-hydrogen) atoms. The molecule has 1 rings (SSSR count). The van der Waals surface area contributed by atoms with Crippen molar-refractivity contribution in [3.05, 3.63) is 0 Å². The van der Waals surface area contributed by atoms with E-state index >= 15 is 0 Å². The molecular formula is C11H15F3N2O4. The molecule has 0 bridgehead atoms. The normalized spacial score (nSPS) is 22.9. The van der Waals surface area contributed by atoms with Gasteiger partial charge in [-0.2, -0.15) is 13.2 Å². The topological polar surface area (TPSA) is 95.5 Å². The fourth-order valence-electron chi connectivity index (χ4n) is 2.07. The van der Waals surface area contributed by atoms with Crippen LogP contribution in [0.3, 0.4) is 0 Å². The molecule has 0 aromatic heterocycles. The predicted octanol–water partition coefficient (Wildman–Crippen LogP) is 1.27. The van der Waals surface area contributed by atoms with Crippen LogP contribution in [-0.2, 0) is 9.59 Å². The van der Waals surface area contributed by atoms with Crippen molar-refractivity contribution in [2.24, 2.45) is 11.8 Å². The number of hydrogen-bond donors (Lipinski definition) is 3. The third-order valence-corrected chi connectivity index (χ3v) is 3.23. The van der Waals surface area contributed by atoms with Crippen molar-refractivity contribution in [2.45, 2.75) is 31.9 Å². The molecule has 1 saturated carbocycles. The summed E-state index contributed by atoms with van der Waals surface area (Å²) < 4.78 is 35.6. The van der Waals surface area contributed by atoms with Gasteiger partial charge < -0.3 is 10.4 Å². The second-order valence-electron chi connectivity index (χ2n) is 4.72. The molecule has 1 fully saturated rings. The fourth-order valence-corrected chi connectivity index (χ4v) is 2.07. The summed E-state index contributed by atoms with van der Waals surface area (Å²) in [7, 11) is 0. The Kier molecular flexibility index (Phi) is 5.34. The lowest BCUT2D eigenvalue weighted by molar-refractivity contribution is -0.172. The Balaban J connectivity index is 2.26. The molecule has 0 aromatic carbocycles. The predicted molar refractivity (Wildman–Crippen MR) is 60.7 cm³/mol. The van der Waals surface area contributed by atoms with E-state index in [1.807, 2.05) is 0 Å². The first kappa shape index (κ1) is 16.3. The van der Waals surface area contributed by atoms with Crippen LogP contribution in [0.4, 0.5) is 18.0 Å². The Bertz CT molecular complexity index is 390. The van der Waals surface area contributed by atoms with E-state index in [1.165, 1.54) is 5.32 Å². The SMILES string of the molecule is O=C(NCC1CCC(C(=O)O)CC1)NC(=O)C(F)(F)F. The number of nitrogens with one attached hydrogen (secondary N) is 2. The molecule has 0 atom stereocenters. The lowest BCUT2D eigenvalue weighted by Crippen LogP contribution is -2.47. The number of carbonyl (C=O) groups excluding carboxylic acids is 2. The summed E-state index contributed by atoms with van der Waals surface area (Å²) in [5, 5.41) is 12.2. The van der Waals surface area contributed by atoms with Crippen LogP contribution < -0.4 is 10.6 Å². The Hall–Kier alpha value is -1.80. The van der Waals surface area contributed by atoms with Gasteiger partial charge >= 0.3 is 24.1 Å². The van der Waals surface area contributed by atoms with Crippen molar-refractivity contribution in [1.82, 2.24) is 10.6 Å². The zero-order valence-electron chi connectivity index (χ0n) is 10.5. The van der Waals surface area contributed by atoms with Crippen LogP contribution in [0, 0.1) is 11.8 Å². The van der Waals surface area contributed by atoms with Gasteiger partial charge in [-0.1, -0.05) is 0 Å². The van der Waals surface area contributed by atoms with Gasteiger partial charge in [0.15, 0.2) is 0 Å². The molecule has 0 unspecified atom stereocenters. The van der Waals surface area contributed by atoms with Crippen LogP contribution in [0.5, 0.6) is 0 Å². The van der Waals surface area contributed by atoms with E-state index in [0.717, 1.165) is 0 Å². The molecule has 6 nitrogen and oxygen atoms in total. The average molecular weight is 296 g/mol. The summed E-state index contributed by atoms with van der Waals surface area (Å²) in [6.45, 7) is 0.114. The highest BCUT2D eigenvalue weighted by Crippen LogP contribution is 2.28. The highest BCUT2D eigenvalue weighted by molar-refractivity contribution is 5.97. The van der Waals surface area contributed by atoms with E-state index in [2.05, 4.69) is 5.32 Å². The van der Waals surface area contributed by atoms with Gasteiger partial charge in [-0.15, -0.1) is 0 Å². The Labute approximate surface area is 112 Å². The van der Waals surface area contributed by atoms with Gasteiger partial charge in [-0.25, -0.2) is 4.79 Å². The molecule has 0 spiro atoms. The summed E-state index contributed by atoms with van der Waals surface area (Å²) in [6.07, 6.45) is -3.00. The Morgan fingerprint density at radius 3 is 2.10 bits per heavy atom. The second-order valence-corrected chi connectivity index (χ2v) is 4.72. The summed E-state index contributed by atoms with van der Waals surface area (Å²) in [6, 6.07) is -1.20. The number of carbonyl (C=O) groups is 3. The van der Waals surface area contributed by atoms with Crippen LogP contribution in [-0.4, -0.2) is 35.7 Å². The number of halogens is 3. The minimum Gasteiger partial charge on any atom is -0.481 e. The number of carboxylic acids is 1. The average Bonchev–Trinajstić information content (AvgIpc) is 2.35. The van der Waals surface area contributed by atoms with E-state index < -0.39 is 30.0 Å². The summed E-state index contributed by atoms with van der Waals surface area (Å²) in [5.74, 6) is -3.56. The van der Waals surface area contributed by atoms with Crippen molar-refractivity contribution in [3.63, 3.8) is 0 Å². The molecule has 114 valence electrons. The van der Waals surface area contributed by atoms with Gasteiger partial charge in [0.05, 0.1) is 5.92 Å². The lowest BCUT2D eigenvalue weighted by atomic mass is 9.82. The van der Waals surface area contributed by atoms with Crippen LogP contribution in [0.15, 0.2) is 0 Å². The molecule has 3 N–H and O–H groups in total. The van der Waals surface area contributed by atoms with Gasteiger partial charge in [0.2, 0.25) is 0 Å². The molecule has 0 aromatic rings. The molecule has 1 aliphatic rings. The van der Waals surface area contributed by atoms with E-state index in [9.17, 15) is 27.6 Å². The number of aliphatic carboxylic acids is 1. The van der Waals surface area contributed by atoms with E-state index in [4.69, 9.17) is 5.11 Å². The van der Waals surface area contributed by atoms with Crippen LogP contribution in [0.25, 0.3) is 0 Å². The zero-order valence-corrected chi connectivity index (χ0v) is 10.5. The summed E-state index contributed by atoms with van der Waals surface area (Å²) in [5.41, 5.74) is 0. The molecule has 1 aliphatic carbocycles. The van der Waals surface area contributed by atoms with E-state index in [1.54, 1.807) is 0 Å². The largest absolute Gasteiger partial charge is 0.481 e. The monoisotopic (exact) mass is 296 g/mol. The maximum atomic E-state index is 11.9. The van der Waals surface area contributed by atoms with Crippen LogP contribution >= 0.6 is 0 Å². The minimum atomic E-state index is -5.10. The zero-order chi connectivity index (χ0) is 15.3. The Morgan fingerprint density at radius 2 is 1.65 bits per heavy atom. The van der Waals surface area contributed by atoms with Crippen molar-refractivity contribution in [1.29, 1.82) is 0 Å². The number of amides is 3. The first-order valence-corrected chi connectivity index (χ1v) is 6.09. The highest BCUT2D eigenvalue weighted by Gasteiger charge is 2.39. The molecule has 0 saturated heterocycles. The standard InChI is InChI=1S/C11H15F3N2O4/c12-11(13,14)9(19)16-10(20)15-5-6-1-3-7(4-2-6)8(17)18/h6-7H,1-5H2,(H,17,18)(H2,15,16,19,20). The molecule has 0 radical (unpaired) electrons. The molecule has 9 heteroatoms. The second kappa shape index (κ2) is 6.58. The maximum absolute atomic E-state index is 11.9. The lowest BCUT2D eigenvalue weighted by Gasteiger charge is -2.26. The molecular weight excluding hydrogens is 281 g/mol. The number of alkyl halides is 3. The quantitative estimate of drug-likeness (QED) is 0.730. The highest BCUT2D eigenvalue weighted by atomic mass is 19.4. The molecule has 0 heterocycles. The first-order chi connectivity index (χ1) is 9.20. The molecule has 3 amide bonds. The van der Waals surface area contributed by atoms with Gasteiger partial charge in [0.25, 0.3) is 0 Å². The number of urea groups is 1. The van der Waals surface area contributed by atoms with Gasteiger partial charge in [-0.05, 0) is 31.6 Å². The van der Waals surface area contributed by atoms with Crippen molar-refractivity contribution >= 4 is 17.9 Å². The number of hydrogen-bond acceptors (Lipinski definition) is 3. The van der Waals surface area contributed by atoms with Gasteiger partial charge in [0.1, 0.15) is 0 Å². The van der Waals surface area contributed by atoms with Crippen molar-refractivity contribution in [2.75, 3.05) is 6.54 Å². The first-order valence-electron chi connectivity index (χ1n) is 6.09. The smallest absolute Gasteiger partial charge is 0.471 e. The van der Waals surface area contributed by atoms with Gasteiger partial charge in [0, 0.05) is 6.54 Å². The Morgan fingerprint density at radius 1 is 1.10 bits per heavy atom. The van der Waals surface area contributed by atoms with E-state index in [0.29, 0.717) is 25.7 Å². The third kappa shape index (κ3) is 5.06. The molecule has 0 aliphatic heterocycles. The van der Waals surface area contributed by atoms with E-state index in [-0.39, 0.29) is 12.5 Å². The van der Waals surface area contributed by atoms with Crippen LogP contribution in [0.2, 0.25) is 0 Å². The summed E-state index contributed by atoms with van der Waals surface area (Å²) in [4.78, 5) is 32.3. The van der Waals surface area contributed by atoms with Crippen LogP contribution in [0.1, 0.15) is 25.7 Å². The van der Waals surface area contributed by atoms with Crippen molar-refractivity contribution in [3.8, 4) is 0 Å². The number of carboxylic acid groups (broad SMARTS) is 1. The maximum Gasteiger partial charge on any atom is 0.471 e. The van der Waals surface area contributed by atoms with Gasteiger partial charge in [-0.3, -0.25) is 14.9 Å². The number of imide groups is 1. The fraction of sp³-hybridized carbons (Fsp3) is 0.727. The third-order valence-electron chi connectivity index (χ3n) is 3.23. The van der Waals surface area contributed by atoms with Crippen molar-refractivity contribution < 1.29 is 32.7 Å². The summed E-state index contributed by atoms with van der Waals surface area (Å²) >= 11 is 0. The minimum absolute atomic E-state index is 0.0114.